The van der Waals surface area contributed by atoms with Crippen molar-refractivity contribution in [1.29, 1.82) is 0 Å². The number of oxime groups is 1. The van der Waals surface area contributed by atoms with E-state index in [0.717, 1.165) is 19.3 Å². The van der Waals surface area contributed by atoms with Crippen LogP contribution >= 0.6 is 0 Å². The summed E-state index contributed by atoms with van der Waals surface area (Å²) < 4.78 is 0. The van der Waals surface area contributed by atoms with Crippen LogP contribution in [0.3, 0.4) is 0 Å². The van der Waals surface area contributed by atoms with Crippen LogP contribution in [0.15, 0.2) is 17.5 Å². The maximum Gasteiger partial charge on any atom is 0.254 e. The van der Waals surface area contributed by atoms with Gasteiger partial charge in [0, 0.05) is 18.2 Å². The SMILES string of the molecule is NC(=NO)C1CCCC1NC(=O)c1cn[nH]c1. The third-order valence-electron chi connectivity index (χ3n) is 3.09. The van der Waals surface area contributed by atoms with Crippen molar-refractivity contribution in [3.05, 3.63) is 18.0 Å². The summed E-state index contributed by atoms with van der Waals surface area (Å²) in [5.74, 6) is -0.0998. The molecule has 1 fully saturated rings. The molecule has 1 aromatic heterocycles. The zero-order valence-corrected chi connectivity index (χ0v) is 9.26. The molecule has 0 radical (unpaired) electrons. The summed E-state index contributed by atoms with van der Waals surface area (Å²) in [4.78, 5) is 11.8. The zero-order valence-electron chi connectivity index (χ0n) is 9.26. The minimum Gasteiger partial charge on any atom is -0.409 e. The molecule has 1 aromatic rings. The molecule has 5 N–H and O–H groups in total. The van der Waals surface area contributed by atoms with Gasteiger partial charge < -0.3 is 16.3 Å². The van der Waals surface area contributed by atoms with Crippen molar-refractivity contribution in [2.75, 3.05) is 0 Å². The topological polar surface area (TPSA) is 116 Å². The lowest BCUT2D eigenvalue weighted by Gasteiger charge is -2.19. The average molecular weight is 237 g/mol. The van der Waals surface area contributed by atoms with Gasteiger partial charge in [0.15, 0.2) is 0 Å². The third-order valence-corrected chi connectivity index (χ3v) is 3.09. The highest BCUT2D eigenvalue weighted by atomic mass is 16.4. The predicted octanol–water partition coefficient (Wildman–Crippen LogP) is 0.0546. The maximum absolute atomic E-state index is 11.8. The van der Waals surface area contributed by atoms with Crippen molar-refractivity contribution < 1.29 is 10.0 Å². The molecule has 1 aliphatic rings. The standard InChI is InChI=1S/C10H15N5O2/c11-9(15-17)7-2-1-3-8(7)14-10(16)6-4-12-13-5-6/h4-5,7-8,17H,1-3H2,(H2,11,15)(H,12,13)(H,14,16). The molecule has 2 unspecified atom stereocenters. The Hall–Kier alpha value is -2.05. The number of nitrogens with one attached hydrogen (secondary N) is 2. The molecule has 1 amide bonds. The second-order valence-corrected chi connectivity index (χ2v) is 4.13. The van der Waals surface area contributed by atoms with Crippen molar-refractivity contribution >= 4 is 11.7 Å². The zero-order chi connectivity index (χ0) is 12.3. The Balaban J connectivity index is 2.01. The van der Waals surface area contributed by atoms with Gasteiger partial charge in [0.25, 0.3) is 5.91 Å². The summed E-state index contributed by atoms with van der Waals surface area (Å²) in [5.41, 5.74) is 6.07. The van der Waals surface area contributed by atoms with Crippen molar-refractivity contribution in [2.24, 2.45) is 16.8 Å². The number of rotatable bonds is 3. The molecule has 7 heteroatoms. The van der Waals surface area contributed by atoms with Gasteiger partial charge >= 0.3 is 0 Å². The predicted molar refractivity (Wildman–Crippen MR) is 60.6 cm³/mol. The number of aromatic amines is 1. The van der Waals surface area contributed by atoms with Crippen LogP contribution in [0.4, 0.5) is 0 Å². The third kappa shape index (κ3) is 2.38. The van der Waals surface area contributed by atoms with E-state index < -0.39 is 0 Å². The molecule has 1 heterocycles. The van der Waals surface area contributed by atoms with Crippen molar-refractivity contribution in [3.8, 4) is 0 Å². The molecular weight excluding hydrogens is 222 g/mol. The van der Waals surface area contributed by atoms with Gasteiger partial charge in [-0.1, -0.05) is 11.6 Å². The molecule has 0 aromatic carbocycles. The number of hydrogen-bond donors (Lipinski definition) is 4. The van der Waals surface area contributed by atoms with Crippen LogP contribution in [-0.4, -0.2) is 33.2 Å². The first-order chi connectivity index (χ1) is 8.22. The number of nitrogens with zero attached hydrogens (tertiary/aromatic N) is 2. The summed E-state index contributed by atoms with van der Waals surface area (Å²) in [5, 5.41) is 20.9. The van der Waals surface area contributed by atoms with Gasteiger partial charge in [0.05, 0.1) is 11.8 Å². The number of carbonyl (C=O) groups excluding carboxylic acids is 1. The number of nitrogens with two attached hydrogens (primary N) is 1. The molecule has 17 heavy (non-hydrogen) atoms. The smallest absolute Gasteiger partial charge is 0.254 e. The van der Waals surface area contributed by atoms with Gasteiger partial charge in [-0.3, -0.25) is 9.89 Å². The first kappa shape index (κ1) is 11.4. The Morgan fingerprint density at radius 3 is 3.12 bits per heavy atom. The van der Waals surface area contributed by atoms with E-state index in [2.05, 4.69) is 20.7 Å². The van der Waals surface area contributed by atoms with Crippen LogP contribution in [0.25, 0.3) is 0 Å². The second-order valence-electron chi connectivity index (χ2n) is 4.13. The van der Waals surface area contributed by atoms with Crippen LogP contribution in [0.1, 0.15) is 29.6 Å². The lowest BCUT2D eigenvalue weighted by Crippen LogP contribution is -2.42. The second kappa shape index (κ2) is 4.86. The van der Waals surface area contributed by atoms with Crippen molar-refractivity contribution in [3.63, 3.8) is 0 Å². The fraction of sp³-hybridized carbons (Fsp3) is 0.500. The quantitative estimate of drug-likeness (QED) is 0.257. The van der Waals surface area contributed by atoms with E-state index in [1.807, 2.05) is 0 Å². The highest BCUT2D eigenvalue weighted by Crippen LogP contribution is 2.26. The normalized spacial score (nSPS) is 24.8. The van der Waals surface area contributed by atoms with Crippen molar-refractivity contribution in [1.82, 2.24) is 15.5 Å². The Bertz CT molecular complexity index is 414. The summed E-state index contributed by atoms with van der Waals surface area (Å²) in [6.45, 7) is 0. The molecule has 0 bridgehead atoms. The molecule has 1 aliphatic carbocycles. The first-order valence-corrected chi connectivity index (χ1v) is 5.49. The molecule has 0 spiro atoms. The van der Waals surface area contributed by atoms with Crippen LogP contribution in [-0.2, 0) is 0 Å². The van der Waals surface area contributed by atoms with Crippen LogP contribution < -0.4 is 11.1 Å². The Kier molecular flexibility index (Phi) is 3.27. The van der Waals surface area contributed by atoms with E-state index in [4.69, 9.17) is 10.9 Å². The van der Waals surface area contributed by atoms with E-state index in [1.54, 1.807) is 0 Å². The first-order valence-electron chi connectivity index (χ1n) is 5.49. The lowest BCUT2D eigenvalue weighted by molar-refractivity contribution is 0.0933. The van der Waals surface area contributed by atoms with Crippen LogP contribution in [0, 0.1) is 5.92 Å². The number of carbonyl (C=O) groups is 1. The number of hydrogen-bond acceptors (Lipinski definition) is 4. The highest BCUT2D eigenvalue weighted by Gasteiger charge is 2.31. The number of aromatic nitrogens is 2. The van der Waals surface area contributed by atoms with Gasteiger partial charge in [-0.15, -0.1) is 0 Å². The summed E-state index contributed by atoms with van der Waals surface area (Å²) >= 11 is 0. The lowest BCUT2D eigenvalue weighted by atomic mass is 10.0. The van der Waals surface area contributed by atoms with Gasteiger partial charge in [-0.2, -0.15) is 5.10 Å². The largest absolute Gasteiger partial charge is 0.409 e. The van der Waals surface area contributed by atoms with Gasteiger partial charge in [0.1, 0.15) is 5.84 Å². The summed E-state index contributed by atoms with van der Waals surface area (Å²) in [6, 6.07) is -0.0756. The molecule has 0 saturated heterocycles. The van der Waals surface area contributed by atoms with E-state index in [9.17, 15) is 4.79 Å². The molecular formula is C10H15N5O2. The molecule has 2 rings (SSSR count). The summed E-state index contributed by atoms with van der Waals surface area (Å²) in [6.07, 6.45) is 5.61. The molecule has 0 aliphatic heterocycles. The monoisotopic (exact) mass is 237 g/mol. The van der Waals surface area contributed by atoms with Gasteiger partial charge in [0.2, 0.25) is 0 Å². The fourth-order valence-electron chi connectivity index (χ4n) is 2.19. The molecule has 1 saturated carbocycles. The molecule has 7 nitrogen and oxygen atoms in total. The van der Waals surface area contributed by atoms with Crippen LogP contribution in [0.5, 0.6) is 0 Å². The van der Waals surface area contributed by atoms with Gasteiger partial charge in [-0.05, 0) is 12.8 Å². The molecule has 2 atom stereocenters. The van der Waals surface area contributed by atoms with E-state index in [0.29, 0.717) is 5.56 Å². The van der Waals surface area contributed by atoms with Crippen LogP contribution in [0.2, 0.25) is 0 Å². The average Bonchev–Trinajstić information content (AvgIpc) is 2.98. The van der Waals surface area contributed by atoms with Crippen molar-refractivity contribution in [2.45, 2.75) is 25.3 Å². The van der Waals surface area contributed by atoms with E-state index in [1.165, 1.54) is 12.4 Å². The highest BCUT2D eigenvalue weighted by molar-refractivity contribution is 5.94. The Morgan fingerprint density at radius 1 is 1.65 bits per heavy atom. The fourth-order valence-corrected chi connectivity index (χ4v) is 2.19. The maximum atomic E-state index is 11.8. The number of amides is 1. The molecule has 92 valence electrons. The van der Waals surface area contributed by atoms with E-state index in [-0.39, 0.29) is 23.7 Å². The van der Waals surface area contributed by atoms with Gasteiger partial charge in [-0.25, -0.2) is 0 Å². The Morgan fingerprint density at radius 2 is 2.47 bits per heavy atom. The number of amidine groups is 1. The minimum atomic E-state index is -0.193. The Labute approximate surface area is 98.1 Å². The number of H-pyrrole nitrogens is 1. The van der Waals surface area contributed by atoms with E-state index >= 15 is 0 Å². The minimum absolute atomic E-state index is 0.0756. The summed E-state index contributed by atoms with van der Waals surface area (Å²) in [7, 11) is 0.